The predicted octanol–water partition coefficient (Wildman–Crippen LogP) is 3.31. The van der Waals surface area contributed by atoms with Crippen LogP contribution < -0.4 is 5.32 Å². The van der Waals surface area contributed by atoms with Crippen molar-refractivity contribution in [2.45, 2.75) is 32.7 Å². The summed E-state index contributed by atoms with van der Waals surface area (Å²) in [7, 11) is 0. The molecule has 0 radical (unpaired) electrons. The first-order valence-corrected chi connectivity index (χ1v) is 5.68. The summed E-state index contributed by atoms with van der Waals surface area (Å²) in [4.78, 5) is 11.0. The van der Waals surface area contributed by atoms with Crippen molar-refractivity contribution in [1.82, 2.24) is 0 Å². The van der Waals surface area contributed by atoms with Crippen molar-refractivity contribution < 1.29 is 9.90 Å². The molecule has 1 atom stereocenters. The van der Waals surface area contributed by atoms with Crippen molar-refractivity contribution in [2.75, 3.05) is 5.32 Å². The number of hydrogen-bond donors (Lipinski definition) is 2. The fourth-order valence-electron chi connectivity index (χ4n) is 1.43. The summed E-state index contributed by atoms with van der Waals surface area (Å²) in [5, 5.41) is 12.6. The summed E-state index contributed by atoms with van der Waals surface area (Å²) in [6.07, 6.45) is 1.42. The van der Waals surface area contributed by atoms with Crippen LogP contribution in [0.3, 0.4) is 0 Å². The summed E-state index contributed by atoms with van der Waals surface area (Å²) in [6, 6.07) is 4.91. The van der Waals surface area contributed by atoms with Crippen molar-refractivity contribution in [3.8, 4) is 0 Å². The van der Waals surface area contributed by atoms with Gasteiger partial charge in [0.25, 0.3) is 0 Å². The second kappa shape index (κ2) is 5.75. The van der Waals surface area contributed by atoms with Gasteiger partial charge in [-0.2, -0.15) is 0 Å². The van der Waals surface area contributed by atoms with E-state index in [1.165, 1.54) is 0 Å². The van der Waals surface area contributed by atoms with E-state index in [9.17, 15) is 4.79 Å². The first kappa shape index (κ1) is 12.8. The van der Waals surface area contributed by atoms with Crippen LogP contribution in [-0.2, 0) is 4.79 Å². The van der Waals surface area contributed by atoms with E-state index >= 15 is 0 Å². The third-order valence-electron chi connectivity index (χ3n) is 2.39. The minimum atomic E-state index is -0.835. The first-order chi connectivity index (χ1) is 7.54. The largest absolute Gasteiger partial charge is 0.480 e. The number of nitrogens with one attached hydrogen (secondary N) is 1. The smallest absolute Gasteiger partial charge is 0.326 e. The Kier molecular flexibility index (Phi) is 4.62. The van der Waals surface area contributed by atoms with E-state index in [0.29, 0.717) is 11.4 Å². The molecule has 0 aromatic heterocycles. The van der Waals surface area contributed by atoms with Gasteiger partial charge < -0.3 is 10.4 Å². The third kappa shape index (κ3) is 3.42. The van der Waals surface area contributed by atoms with E-state index in [1.807, 2.05) is 26.0 Å². The van der Waals surface area contributed by atoms with Crippen LogP contribution >= 0.6 is 11.6 Å². The van der Waals surface area contributed by atoms with Crippen LogP contribution in [0.15, 0.2) is 18.2 Å². The Hall–Kier alpha value is -1.22. The van der Waals surface area contributed by atoms with Crippen molar-refractivity contribution in [3.05, 3.63) is 28.8 Å². The van der Waals surface area contributed by atoms with Gasteiger partial charge in [-0.25, -0.2) is 4.79 Å². The SMILES string of the molecule is CCCC(Nc1ccc(C)c(Cl)c1)C(=O)O. The van der Waals surface area contributed by atoms with Crippen molar-refractivity contribution in [2.24, 2.45) is 0 Å². The van der Waals surface area contributed by atoms with Gasteiger partial charge in [-0.05, 0) is 31.0 Å². The number of anilines is 1. The lowest BCUT2D eigenvalue weighted by Gasteiger charge is -2.15. The van der Waals surface area contributed by atoms with E-state index in [2.05, 4.69) is 5.32 Å². The molecule has 1 unspecified atom stereocenters. The number of aryl methyl sites for hydroxylation is 1. The number of hydrogen-bond acceptors (Lipinski definition) is 2. The van der Waals surface area contributed by atoms with Gasteiger partial charge in [-0.3, -0.25) is 0 Å². The van der Waals surface area contributed by atoms with Gasteiger partial charge in [0, 0.05) is 10.7 Å². The Balaban J connectivity index is 2.77. The molecule has 0 aliphatic rings. The maximum absolute atomic E-state index is 11.0. The lowest BCUT2D eigenvalue weighted by Crippen LogP contribution is -2.28. The number of aliphatic carboxylic acids is 1. The molecule has 0 aliphatic carbocycles. The second-order valence-corrected chi connectivity index (χ2v) is 4.19. The molecule has 4 heteroatoms. The normalized spacial score (nSPS) is 12.2. The van der Waals surface area contributed by atoms with Gasteiger partial charge in [-0.1, -0.05) is 31.0 Å². The average molecular weight is 242 g/mol. The van der Waals surface area contributed by atoms with Crippen molar-refractivity contribution in [3.63, 3.8) is 0 Å². The molecule has 0 aliphatic heterocycles. The Morgan fingerprint density at radius 3 is 2.75 bits per heavy atom. The first-order valence-electron chi connectivity index (χ1n) is 5.30. The summed E-state index contributed by atoms with van der Waals surface area (Å²) in [6.45, 7) is 3.87. The fraction of sp³-hybridized carbons (Fsp3) is 0.417. The molecule has 0 saturated heterocycles. The third-order valence-corrected chi connectivity index (χ3v) is 2.80. The van der Waals surface area contributed by atoms with Crippen LogP contribution in [0.4, 0.5) is 5.69 Å². The molecular formula is C12H16ClNO2. The van der Waals surface area contributed by atoms with Crippen LogP contribution in [0.1, 0.15) is 25.3 Å². The van der Waals surface area contributed by atoms with Gasteiger partial charge in [0.2, 0.25) is 0 Å². The standard InChI is InChI=1S/C12H16ClNO2/c1-3-4-11(12(15)16)14-9-6-5-8(2)10(13)7-9/h5-7,11,14H,3-4H2,1-2H3,(H,15,16). The highest BCUT2D eigenvalue weighted by Gasteiger charge is 2.15. The molecule has 2 N–H and O–H groups in total. The molecule has 0 saturated carbocycles. The summed E-state index contributed by atoms with van der Waals surface area (Å²) in [5.74, 6) is -0.835. The summed E-state index contributed by atoms with van der Waals surface area (Å²) >= 11 is 5.97. The Morgan fingerprint density at radius 2 is 2.25 bits per heavy atom. The van der Waals surface area contributed by atoms with Gasteiger partial charge in [0.05, 0.1) is 0 Å². The molecule has 0 bridgehead atoms. The fourth-order valence-corrected chi connectivity index (χ4v) is 1.61. The topological polar surface area (TPSA) is 49.3 Å². The van der Waals surface area contributed by atoms with E-state index in [1.54, 1.807) is 6.07 Å². The highest BCUT2D eigenvalue weighted by molar-refractivity contribution is 6.31. The molecule has 3 nitrogen and oxygen atoms in total. The van der Waals surface area contributed by atoms with Crippen LogP contribution in [0, 0.1) is 6.92 Å². The van der Waals surface area contributed by atoms with Gasteiger partial charge >= 0.3 is 5.97 Å². The quantitative estimate of drug-likeness (QED) is 0.832. The molecule has 1 rings (SSSR count). The Morgan fingerprint density at radius 1 is 1.56 bits per heavy atom. The number of halogens is 1. The van der Waals surface area contributed by atoms with Crippen LogP contribution in [0.5, 0.6) is 0 Å². The molecule has 0 fully saturated rings. The molecule has 16 heavy (non-hydrogen) atoms. The molecule has 1 aromatic rings. The van der Waals surface area contributed by atoms with E-state index in [4.69, 9.17) is 16.7 Å². The molecule has 0 spiro atoms. The van der Waals surface area contributed by atoms with Gasteiger partial charge in [0.15, 0.2) is 0 Å². The maximum Gasteiger partial charge on any atom is 0.326 e. The number of carboxylic acids is 1. The predicted molar refractivity (Wildman–Crippen MR) is 66.1 cm³/mol. The van der Waals surface area contributed by atoms with Gasteiger partial charge in [0.1, 0.15) is 6.04 Å². The minimum absolute atomic E-state index is 0.552. The monoisotopic (exact) mass is 241 g/mol. The number of carbonyl (C=O) groups is 1. The highest BCUT2D eigenvalue weighted by atomic mass is 35.5. The molecular weight excluding hydrogens is 226 g/mol. The molecule has 0 amide bonds. The lowest BCUT2D eigenvalue weighted by molar-refractivity contribution is -0.138. The van der Waals surface area contributed by atoms with Crippen LogP contribution in [0.25, 0.3) is 0 Å². The maximum atomic E-state index is 11.0. The summed E-state index contributed by atoms with van der Waals surface area (Å²) in [5.41, 5.74) is 1.73. The van der Waals surface area contributed by atoms with Crippen molar-refractivity contribution in [1.29, 1.82) is 0 Å². The van der Waals surface area contributed by atoms with E-state index < -0.39 is 12.0 Å². The lowest BCUT2D eigenvalue weighted by atomic mass is 10.1. The highest BCUT2D eigenvalue weighted by Crippen LogP contribution is 2.21. The van der Waals surface area contributed by atoms with E-state index in [0.717, 1.165) is 17.7 Å². The number of carboxylic acid groups (broad SMARTS) is 1. The molecule has 1 aromatic carbocycles. The number of rotatable bonds is 5. The van der Waals surface area contributed by atoms with Crippen molar-refractivity contribution >= 4 is 23.3 Å². The summed E-state index contributed by atoms with van der Waals surface area (Å²) < 4.78 is 0. The molecule has 88 valence electrons. The zero-order valence-electron chi connectivity index (χ0n) is 9.46. The Labute approximate surface area is 100 Å². The van der Waals surface area contributed by atoms with Crippen LogP contribution in [0.2, 0.25) is 5.02 Å². The average Bonchev–Trinajstić information content (AvgIpc) is 2.22. The minimum Gasteiger partial charge on any atom is -0.480 e. The molecule has 0 heterocycles. The zero-order chi connectivity index (χ0) is 12.1. The van der Waals surface area contributed by atoms with E-state index in [-0.39, 0.29) is 0 Å². The van der Waals surface area contributed by atoms with Crippen LogP contribution in [-0.4, -0.2) is 17.1 Å². The Bertz CT molecular complexity index is 379. The number of benzene rings is 1. The zero-order valence-corrected chi connectivity index (χ0v) is 10.2. The van der Waals surface area contributed by atoms with Gasteiger partial charge in [-0.15, -0.1) is 0 Å². The second-order valence-electron chi connectivity index (χ2n) is 3.79.